The molecule has 5 nitrogen and oxygen atoms in total. The van der Waals surface area contributed by atoms with Gasteiger partial charge in [-0.25, -0.2) is 9.97 Å². The molecule has 1 amide bonds. The maximum atomic E-state index is 11.6. The molecular formula is C14H22N4O. The molecule has 0 aliphatic carbocycles. The van der Waals surface area contributed by atoms with E-state index in [1.807, 2.05) is 13.8 Å². The molecule has 1 N–H and O–H groups in total. The molecular weight excluding hydrogens is 240 g/mol. The van der Waals surface area contributed by atoms with Gasteiger partial charge in [-0.05, 0) is 12.8 Å². The summed E-state index contributed by atoms with van der Waals surface area (Å²) in [7, 11) is 0. The Bertz CT molecular complexity index is 408. The monoisotopic (exact) mass is 262 g/mol. The Morgan fingerprint density at radius 2 is 1.74 bits per heavy atom. The number of carbonyl (C=O) groups excluding carboxylic acids is 1. The van der Waals surface area contributed by atoms with Crippen LogP contribution in [0.25, 0.3) is 0 Å². The van der Waals surface area contributed by atoms with E-state index in [-0.39, 0.29) is 11.8 Å². The van der Waals surface area contributed by atoms with Crippen molar-refractivity contribution >= 4 is 17.5 Å². The summed E-state index contributed by atoms with van der Waals surface area (Å²) in [5, 5.41) is 2.80. The van der Waals surface area contributed by atoms with Crippen LogP contribution in [0.1, 0.15) is 39.5 Å². The summed E-state index contributed by atoms with van der Waals surface area (Å²) in [6, 6.07) is 0. The standard InChI is InChI=1S/C14H22N4O/c1-11(2)13(19)17-12-9-15-14(16-10-12)18-7-5-3-4-6-8-18/h9-11H,3-8H2,1-2H3,(H,17,19). The first-order valence-electron chi connectivity index (χ1n) is 7.04. The fourth-order valence-corrected chi connectivity index (χ4v) is 2.11. The molecule has 19 heavy (non-hydrogen) atoms. The van der Waals surface area contributed by atoms with Gasteiger partial charge in [0.25, 0.3) is 0 Å². The van der Waals surface area contributed by atoms with E-state index in [0.717, 1.165) is 19.0 Å². The molecule has 0 atom stereocenters. The Labute approximate surface area is 114 Å². The third-order valence-electron chi connectivity index (χ3n) is 3.32. The summed E-state index contributed by atoms with van der Waals surface area (Å²) in [4.78, 5) is 22.5. The van der Waals surface area contributed by atoms with Gasteiger partial charge in [-0.1, -0.05) is 26.7 Å². The number of carbonyl (C=O) groups is 1. The van der Waals surface area contributed by atoms with Crippen LogP contribution >= 0.6 is 0 Å². The summed E-state index contributed by atoms with van der Waals surface area (Å²) < 4.78 is 0. The van der Waals surface area contributed by atoms with Crippen molar-refractivity contribution in [2.45, 2.75) is 39.5 Å². The van der Waals surface area contributed by atoms with Crippen LogP contribution in [0.3, 0.4) is 0 Å². The quantitative estimate of drug-likeness (QED) is 0.909. The van der Waals surface area contributed by atoms with Crippen LogP contribution in [-0.4, -0.2) is 29.0 Å². The number of rotatable bonds is 3. The molecule has 0 bridgehead atoms. The van der Waals surface area contributed by atoms with Crippen molar-refractivity contribution in [2.75, 3.05) is 23.3 Å². The van der Waals surface area contributed by atoms with Crippen molar-refractivity contribution in [1.82, 2.24) is 9.97 Å². The Balaban J connectivity index is 1.99. The first-order valence-corrected chi connectivity index (χ1v) is 7.04. The maximum Gasteiger partial charge on any atom is 0.227 e. The fraction of sp³-hybridized carbons (Fsp3) is 0.643. The number of hydrogen-bond acceptors (Lipinski definition) is 4. The summed E-state index contributed by atoms with van der Waals surface area (Å²) in [6.07, 6.45) is 8.36. The molecule has 0 radical (unpaired) electrons. The summed E-state index contributed by atoms with van der Waals surface area (Å²) in [5.41, 5.74) is 0.664. The SMILES string of the molecule is CC(C)C(=O)Nc1cnc(N2CCCCCC2)nc1. The highest BCUT2D eigenvalue weighted by molar-refractivity contribution is 5.91. The smallest absolute Gasteiger partial charge is 0.227 e. The topological polar surface area (TPSA) is 58.1 Å². The molecule has 2 rings (SSSR count). The number of anilines is 2. The molecule has 0 unspecified atom stereocenters. The molecule has 1 aliphatic heterocycles. The Morgan fingerprint density at radius 1 is 1.16 bits per heavy atom. The predicted molar refractivity (Wildman–Crippen MR) is 76.2 cm³/mol. The zero-order chi connectivity index (χ0) is 13.7. The Morgan fingerprint density at radius 3 is 2.26 bits per heavy atom. The minimum Gasteiger partial charge on any atom is -0.341 e. The zero-order valence-electron chi connectivity index (χ0n) is 11.7. The van der Waals surface area contributed by atoms with Crippen molar-refractivity contribution in [2.24, 2.45) is 5.92 Å². The van der Waals surface area contributed by atoms with Crippen molar-refractivity contribution in [1.29, 1.82) is 0 Å². The van der Waals surface area contributed by atoms with Gasteiger partial charge in [-0.3, -0.25) is 4.79 Å². The molecule has 0 saturated carbocycles. The van der Waals surface area contributed by atoms with Crippen molar-refractivity contribution < 1.29 is 4.79 Å². The van der Waals surface area contributed by atoms with E-state index < -0.39 is 0 Å². The number of hydrogen-bond donors (Lipinski definition) is 1. The van der Waals surface area contributed by atoms with Crippen LogP contribution in [0.5, 0.6) is 0 Å². The van der Waals surface area contributed by atoms with E-state index in [4.69, 9.17) is 0 Å². The third kappa shape index (κ3) is 3.91. The van der Waals surface area contributed by atoms with Gasteiger partial charge in [0.1, 0.15) is 0 Å². The predicted octanol–water partition coefficient (Wildman–Crippen LogP) is 2.45. The molecule has 0 aromatic carbocycles. The first-order chi connectivity index (χ1) is 9.16. The van der Waals surface area contributed by atoms with Crippen LogP contribution in [0.15, 0.2) is 12.4 Å². The van der Waals surface area contributed by atoms with Crippen molar-refractivity contribution in [3.8, 4) is 0 Å². The molecule has 2 heterocycles. The largest absolute Gasteiger partial charge is 0.341 e. The van der Waals surface area contributed by atoms with E-state index in [1.165, 1.54) is 25.7 Å². The summed E-state index contributed by atoms with van der Waals surface area (Å²) >= 11 is 0. The second kappa shape index (κ2) is 6.50. The lowest BCUT2D eigenvalue weighted by Crippen LogP contribution is -2.26. The van der Waals surface area contributed by atoms with Gasteiger partial charge >= 0.3 is 0 Å². The second-order valence-electron chi connectivity index (χ2n) is 5.32. The Kier molecular flexibility index (Phi) is 4.71. The van der Waals surface area contributed by atoms with Crippen LogP contribution in [-0.2, 0) is 4.79 Å². The fourth-order valence-electron chi connectivity index (χ4n) is 2.11. The van der Waals surface area contributed by atoms with E-state index >= 15 is 0 Å². The lowest BCUT2D eigenvalue weighted by atomic mass is 10.2. The zero-order valence-corrected chi connectivity index (χ0v) is 11.7. The molecule has 1 fully saturated rings. The highest BCUT2D eigenvalue weighted by Gasteiger charge is 2.13. The second-order valence-corrected chi connectivity index (χ2v) is 5.32. The number of nitrogens with zero attached hydrogens (tertiary/aromatic N) is 3. The van der Waals surface area contributed by atoms with Gasteiger partial charge in [0.15, 0.2) is 0 Å². The highest BCUT2D eigenvalue weighted by Crippen LogP contribution is 2.16. The van der Waals surface area contributed by atoms with E-state index in [0.29, 0.717) is 5.69 Å². The van der Waals surface area contributed by atoms with E-state index in [9.17, 15) is 4.79 Å². The Hall–Kier alpha value is -1.65. The summed E-state index contributed by atoms with van der Waals surface area (Å²) in [6.45, 7) is 5.78. The first kappa shape index (κ1) is 13.8. The van der Waals surface area contributed by atoms with Crippen LogP contribution in [0.2, 0.25) is 0 Å². The van der Waals surface area contributed by atoms with Gasteiger partial charge in [0.05, 0.1) is 18.1 Å². The van der Waals surface area contributed by atoms with E-state index in [2.05, 4.69) is 20.2 Å². The number of nitrogens with one attached hydrogen (secondary N) is 1. The summed E-state index contributed by atoms with van der Waals surface area (Å²) in [5.74, 6) is 0.723. The van der Waals surface area contributed by atoms with Crippen LogP contribution < -0.4 is 10.2 Å². The van der Waals surface area contributed by atoms with E-state index in [1.54, 1.807) is 12.4 Å². The van der Waals surface area contributed by atoms with Crippen LogP contribution in [0.4, 0.5) is 11.6 Å². The molecule has 1 aromatic heterocycles. The van der Waals surface area contributed by atoms with Gasteiger partial charge in [-0.2, -0.15) is 0 Å². The average Bonchev–Trinajstić information content (AvgIpc) is 2.68. The minimum absolute atomic E-state index is 0.00822. The molecule has 1 saturated heterocycles. The molecule has 0 spiro atoms. The third-order valence-corrected chi connectivity index (χ3v) is 3.32. The van der Waals surface area contributed by atoms with Gasteiger partial charge in [0, 0.05) is 19.0 Å². The average molecular weight is 262 g/mol. The lowest BCUT2D eigenvalue weighted by Gasteiger charge is -2.20. The van der Waals surface area contributed by atoms with Crippen LogP contribution in [0, 0.1) is 5.92 Å². The highest BCUT2D eigenvalue weighted by atomic mass is 16.1. The number of aromatic nitrogens is 2. The van der Waals surface area contributed by atoms with Gasteiger partial charge in [0.2, 0.25) is 11.9 Å². The molecule has 1 aliphatic rings. The maximum absolute atomic E-state index is 11.6. The molecule has 104 valence electrons. The van der Waals surface area contributed by atoms with Crippen molar-refractivity contribution in [3.05, 3.63) is 12.4 Å². The van der Waals surface area contributed by atoms with Gasteiger partial charge in [-0.15, -0.1) is 0 Å². The minimum atomic E-state index is -0.0368. The van der Waals surface area contributed by atoms with Gasteiger partial charge < -0.3 is 10.2 Å². The van der Waals surface area contributed by atoms with Crippen molar-refractivity contribution in [3.63, 3.8) is 0 Å². The molecule has 5 heteroatoms. The number of amides is 1. The normalized spacial score (nSPS) is 16.3. The lowest BCUT2D eigenvalue weighted by molar-refractivity contribution is -0.118. The molecule has 1 aromatic rings.